The molecule has 32 heavy (non-hydrogen) atoms. The highest BCUT2D eigenvalue weighted by atomic mass is 31.2. The van der Waals surface area contributed by atoms with Gasteiger partial charge in [0.05, 0.1) is 11.5 Å². The van der Waals surface area contributed by atoms with Gasteiger partial charge >= 0.3 is 7.60 Å². The number of nitrogens with zero attached hydrogens (tertiary/aromatic N) is 4. The summed E-state index contributed by atoms with van der Waals surface area (Å²) in [6, 6.07) is 0. The minimum absolute atomic E-state index is 0.00964. The lowest BCUT2D eigenvalue weighted by Crippen LogP contribution is -2.48. The van der Waals surface area contributed by atoms with E-state index in [-0.39, 0.29) is 30.6 Å². The molecule has 0 aliphatic carbocycles. The smallest absolute Gasteiger partial charge is 0.359 e. The first-order chi connectivity index (χ1) is 14.9. The number of aliphatic hydroxyl groups is 3. The second-order valence-corrected chi connectivity index (χ2v) is 10.7. The third kappa shape index (κ3) is 3.12. The van der Waals surface area contributed by atoms with Crippen LogP contribution in [0.15, 0.2) is 6.33 Å². The summed E-state index contributed by atoms with van der Waals surface area (Å²) in [5.41, 5.74) is 5.16. The van der Waals surface area contributed by atoms with Crippen LogP contribution in [0, 0.1) is 0 Å². The molecule has 2 aliphatic heterocycles. The van der Waals surface area contributed by atoms with Gasteiger partial charge in [0.1, 0.15) is 30.5 Å². The number of fused-ring (bicyclic) bond motifs is 6. The van der Waals surface area contributed by atoms with Crippen LogP contribution in [0.3, 0.4) is 0 Å². The quantitative estimate of drug-likeness (QED) is 0.363. The van der Waals surface area contributed by atoms with Crippen molar-refractivity contribution in [1.82, 2.24) is 19.5 Å². The molecule has 0 saturated carbocycles. The summed E-state index contributed by atoms with van der Waals surface area (Å²) in [4.78, 5) is 23.6. The molecule has 12 nitrogen and oxygen atoms in total. The molecule has 2 bridgehead atoms. The number of imidazole rings is 1. The molecule has 7 atom stereocenters. The number of rotatable bonds is 7. The topological polar surface area (TPSA) is 186 Å². The Morgan fingerprint density at radius 1 is 1.22 bits per heavy atom. The Hall–Kier alpha value is -1.66. The van der Waals surface area contributed by atoms with E-state index in [1.165, 1.54) is 10.9 Å². The maximum atomic E-state index is 13.3. The number of hydrogen-bond acceptors (Lipinski definition) is 10. The molecule has 0 spiro atoms. The van der Waals surface area contributed by atoms with E-state index >= 15 is 0 Å². The molecule has 0 amide bonds. The number of nitrogen functional groups attached to an aromatic ring is 1. The normalized spacial score (nSPS) is 31.3. The van der Waals surface area contributed by atoms with Crippen molar-refractivity contribution >= 4 is 24.6 Å². The predicted octanol–water partition coefficient (Wildman–Crippen LogP) is 1.00. The minimum atomic E-state index is -4.57. The Balaban J connectivity index is 1.89. The van der Waals surface area contributed by atoms with E-state index in [2.05, 4.69) is 15.0 Å². The van der Waals surface area contributed by atoms with Crippen LogP contribution in [-0.2, 0) is 13.8 Å². The molecule has 4 unspecified atom stereocenters. The molecular formula is C19H30N5O7P. The lowest BCUT2D eigenvalue weighted by molar-refractivity contribution is -0.110. The SMILES string of the molecule is CCC(C)(OP(=O)(O)C(O)(CC)CC)C1c2nc3c(N)ncnc3n2C2O[C@H]1[C@@H](O)[C@H]2O. The first-order valence-electron chi connectivity index (χ1n) is 10.7. The van der Waals surface area contributed by atoms with E-state index in [0.29, 0.717) is 11.5 Å². The van der Waals surface area contributed by atoms with E-state index in [1.54, 1.807) is 27.7 Å². The molecule has 0 radical (unpaired) electrons. The molecule has 13 heteroatoms. The van der Waals surface area contributed by atoms with Gasteiger partial charge in [-0.25, -0.2) is 15.0 Å². The average Bonchev–Trinajstić information content (AvgIpc) is 3.26. The fourth-order valence-electron chi connectivity index (χ4n) is 4.71. The van der Waals surface area contributed by atoms with Crippen LogP contribution < -0.4 is 5.73 Å². The van der Waals surface area contributed by atoms with Crippen LogP contribution in [0.5, 0.6) is 0 Å². The second-order valence-electron chi connectivity index (χ2n) is 8.69. The van der Waals surface area contributed by atoms with Crippen LogP contribution in [0.4, 0.5) is 5.82 Å². The van der Waals surface area contributed by atoms with Crippen LogP contribution >= 0.6 is 7.60 Å². The van der Waals surface area contributed by atoms with Crippen molar-refractivity contribution in [3.05, 3.63) is 12.2 Å². The van der Waals surface area contributed by atoms with E-state index in [0.717, 1.165) is 0 Å². The van der Waals surface area contributed by atoms with E-state index in [4.69, 9.17) is 15.0 Å². The Bertz CT molecular complexity index is 1080. The van der Waals surface area contributed by atoms with Gasteiger partial charge in [-0.15, -0.1) is 0 Å². The highest BCUT2D eigenvalue weighted by molar-refractivity contribution is 7.54. The highest BCUT2D eigenvalue weighted by Gasteiger charge is 2.61. The Morgan fingerprint density at radius 3 is 2.47 bits per heavy atom. The molecule has 1 fully saturated rings. The molecule has 2 aromatic heterocycles. The third-order valence-corrected chi connectivity index (χ3v) is 9.37. The number of aliphatic hydroxyl groups excluding tert-OH is 2. The van der Waals surface area contributed by atoms with Gasteiger partial charge in [0.15, 0.2) is 28.6 Å². The van der Waals surface area contributed by atoms with Crippen molar-refractivity contribution in [2.75, 3.05) is 5.73 Å². The van der Waals surface area contributed by atoms with Crippen LogP contribution in [0.25, 0.3) is 11.2 Å². The van der Waals surface area contributed by atoms with Crippen LogP contribution in [0.1, 0.15) is 64.9 Å². The Labute approximate surface area is 184 Å². The van der Waals surface area contributed by atoms with Crippen molar-refractivity contribution < 1.29 is 34.0 Å². The number of nitrogens with two attached hydrogens (primary N) is 1. The predicted molar refractivity (Wildman–Crippen MR) is 114 cm³/mol. The lowest BCUT2D eigenvalue weighted by Gasteiger charge is -2.44. The zero-order valence-corrected chi connectivity index (χ0v) is 19.3. The van der Waals surface area contributed by atoms with E-state index < -0.39 is 49.0 Å². The van der Waals surface area contributed by atoms with Gasteiger partial charge in [-0.05, 0) is 26.2 Å². The molecule has 2 aromatic rings. The van der Waals surface area contributed by atoms with Crippen molar-refractivity contribution in [3.8, 4) is 0 Å². The highest BCUT2D eigenvalue weighted by Crippen LogP contribution is 2.63. The molecule has 1 saturated heterocycles. The van der Waals surface area contributed by atoms with Gasteiger partial charge in [0, 0.05) is 0 Å². The third-order valence-electron chi connectivity index (χ3n) is 7.02. The van der Waals surface area contributed by atoms with Gasteiger partial charge in [-0.2, -0.15) is 0 Å². The standard InChI is InChI=1S/C19H30N5O7P/c1-5-18(4,31-32(28,29)19(27,6-2)7-3)9-13-11(25)12(26)17(30-13)24-15(9)23-10-14(20)21-8-22-16(10)24/h8-9,11-13,17,25-27H,5-7H2,1-4H3,(H,28,29)(H2,20,21,22)/t9?,11-,12+,13+,17?,18?/m0/s1. The minimum Gasteiger partial charge on any atom is -0.387 e. The fourth-order valence-corrected chi connectivity index (χ4v) is 6.49. The summed E-state index contributed by atoms with van der Waals surface area (Å²) in [5.74, 6) is -0.423. The molecule has 0 aromatic carbocycles. The van der Waals surface area contributed by atoms with Crippen molar-refractivity contribution in [1.29, 1.82) is 0 Å². The summed E-state index contributed by atoms with van der Waals surface area (Å²) in [5, 5.41) is 30.3. The number of anilines is 1. The number of aromatic nitrogens is 4. The fraction of sp³-hybridized carbons (Fsp3) is 0.737. The zero-order valence-electron chi connectivity index (χ0n) is 18.4. The van der Waals surface area contributed by atoms with Crippen molar-refractivity contribution in [2.24, 2.45) is 0 Å². The van der Waals surface area contributed by atoms with E-state index in [1.807, 2.05) is 0 Å². The summed E-state index contributed by atoms with van der Waals surface area (Å²) < 4.78 is 26.6. The second kappa shape index (κ2) is 7.69. The maximum absolute atomic E-state index is 13.3. The maximum Gasteiger partial charge on any atom is 0.359 e. The summed E-state index contributed by atoms with van der Waals surface area (Å²) in [7, 11) is -4.57. The van der Waals surface area contributed by atoms with Gasteiger partial charge in [-0.1, -0.05) is 20.8 Å². The molecule has 6 N–H and O–H groups in total. The van der Waals surface area contributed by atoms with Crippen LogP contribution in [0.2, 0.25) is 0 Å². The Kier molecular flexibility index (Phi) is 5.65. The van der Waals surface area contributed by atoms with Gasteiger partial charge in [0.2, 0.25) is 0 Å². The first kappa shape index (κ1) is 23.5. The van der Waals surface area contributed by atoms with Crippen molar-refractivity contribution in [2.45, 2.75) is 88.4 Å². The zero-order chi connectivity index (χ0) is 23.6. The molecular weight excluding hydrogens is 441 g/mol. The average molecular weight is 471 g/mol. The Morgan fingerprint density at radius 2 is 1.88 bits per heavy atom. The first-order valence-corrected chi connectivity index (χ1v) is 12.3. The van der Waals surface area contributed by atoms with Gasteiger partial charge in [-0.3, -0.25) is 13.7 Å². The van der Waals surface area contributed by atoms with Crippen LogP contribution in [-0.4, -0.2) is 69.0 Å². The van der Waals surface area contributed by atoms with Crippen molar-refractivity contribution in [3.63, 3.8) is 0 Å². The van der Waals surface area contributed by atoms with E-state index in [9.17, 15) is 24.8 Å². The number of hydrogen-bond donors (Lipinski definition) is 5. The summed E-state index contributed by atoms with van der Waals surface area (Å²) >= 11 is 0. The monoisotopic (exact) mass is 471 g/mol. The lowest BCUT2D eigenvalue weighted by atomic mass is 9.80. The number of ether oxygens (including phenoxy) is 1. The summed E-state index contributed by atoms with van der Waals surface area (Å²) in [6.45, 7) is 6.56. The van der Waals surface area contributed by atoms with Gasteiger partial charge in [0.25, 0.3) is 0 Å². The van der Waals surface area contributed by atoms with Gasteiger partial charge < -0.3 is 30.7 Å². The molecule has 178 valence electrons. The summed E-state index contributed by atoms with van der Waals surface area (Å²) in [6.07, 6.45) is -3.05. The molecule has 2 aliphatic rings. The molecule has 4 rings (SSSR count). The molecule has 4 heterocycles. The largest absolute Gasteiger partial charge is 0.387 e.